The molecule has 25 heavy (non-hydrogen) atoms. The van der Waals surface area contributed by atoms with E-state index in [4.69, 9.17) is 4.74 Å². The highest BCUT2D eigenvalue weighted by atomic mass is 32.1. The van der Waals surface area contributed by atoms with Crippen molar-refractivity contribution in [3.05, 3.63) is 58.2 Å². The normalized spacial score (nSPS) is 14.8. The van der Waals surface area contributed by atoms with Crippen molar-refractivity contribution in [3.8, 4) is 0 Å². The Labute approximate surface area is 149 Å². The van der Waals surface area contributed by atoms with Crippen molar-refractivity contribution in [2.45, 2.75) is 13.0 Å². The number of hydrogen-bond acceptors (Lipinski definition) is 4. The first kappa shape index (κ1) is 16.1. The van der Waals surface area contributed by atoms with E-state index in [9.17, 15) is 4.79 Å². The number of H-pyrrole nitrogens is 1. The fourth-order valence-electron chi connectivity index (χ4n) is 3.20. The average molecular weight is 353 g/mol. The molecule has 6 heteroatoms. The molecule has 3 heterocycles. The van der Waals surface area contributed by atoms with Crippen molar-refractivity contribution >= 4 is 33.7 Å². The number of carbonyl (C=O) groups is 1. The van der Waals surface area contributed by atoms with Gasteiger partial charge in [-0.3, -0.25) is 4.79 Å². The zero-order valence-corrected chi connectivity index (χ0v) is 14.8. The molecule has 0 saturated heterocycles. The first-order valence-corrected chi connectivity index (χ1v) is 9.12. The summed E-state index contributed by atoms with van der Waals surface area (Å²) >= 11 is 1.46. The monoisotopic (exact) mass is 353 g/mol. The summed E-state index contributed by atoms with van der Waals surface area (Å²) < 4.78 is 5.07. The number of nitrogens with one attached hydrogen (secondary N) is 1. The number of amides is 1. The van der Waals surface area contributed by atoms with Crippen molar-refractivity contribution in [2.24, 2.45) is 0 Å². The molecule has 0 aliphatic carbocycles. The number of para-hydroxylation sites is 1. The van der Waals surface area contributed by atoms with E-state index in [0.29, 0.717) is 25.4 Å². The molecule has 0 fully saturated rings. The number of aromatic nitrogens is 2. The Kier molecular flexibility index (Phi) is 4.38. The highest BCUT2D eigenvalue weighted by Crippen LogP contribution is 2.29. The van der Waals surface area contributed by atoms with Gasteiger partial charge in [-0.05, 0) is 18.1 Å². The van der Waals surface area contributed by atoms with Crippen LogP contribution in [0.5, 0.6) is 0 Å². The average Bonchev–Trinajstić information content (AvgIpc) is 3.29. The van der Waals surface area contributed by atoms with Crippen LogP contribution in [0.3, 0.4) is 0 Å². The van der Waals surface area contributed by atoms with Crippen molar-refractivity contribution in [1.82, 2.24) is 14.9 Å². The Balaban J connectivity index is 1.50. The van der Waals surface area contributed by atoms with E-state index in [0.717, 1.165) is 16.9 Å². The zero-order chi connectivity index (χ0) is 17.2. The molecule has 1 amide bonds. The Bertz CT molecular complexity index is 941. The third-order valence-electron chi connectivity index (χ3n) is 4.47. The van der Waals surface area contributed by atoms with Crippen LogP contribution in [0.4, 0.5) is 0 Å². The van der Waals surface area contributed by atoms with E-state index in [1.807, 2.05) is 16.3 Å². The second-order valence-electron chi connectivity index (χ2n) is 6.04. The fourth-order valence-corrected chi connectivity index (χ4v) is 3.93. The second-order valence-corrected chi connectivity index (χ2v) is 6.98. The van der Waals surface area contributed by atoms with E-state index in [1.54, 1.807) is 7.11 Å². The molecular formula is C19H19N3O2S. The lowest BCUT2D eigenvalue weighted by molar-refractivity contribution is 0.0767. The summed E-state index contributed by atoms with van der Waals surface area (Å²) in [5.41, 5.74) is 4.18. The van der Waals surface area contributed by atoms with Gasteiger partial charge in [0.1, 0.15) is 10.7 Å². The number of ether oxygens (including phenoxy) is 1. The van der Waals surface area contributed by atoms with Crippen molar-refractivity contribution in [3.63, 3.8) is 0 Å². The standard InChI is InChI=1S/C19H19N3O2S/c1-24-11-18-21-17(12-25-18)19(23)22-8-6-13(7-9-22)15-10-20-16-5-3-2-4-14(15)16/h2-6,10,12,20H,7-9,11H2,1H3. The number of hydrogen-bond donors (Lipinski definition) is 1. The predicted molar refractivity (Wildman–Crippen MR) is 99.6 cm³/mol. The van der Waals surface area contributed by atoms with E-state index < -0.39 is 0 Å². The highest BCUT2D eigenvalue weighted by molar-refractivity contribution is 7.09. The van der Waals surface area contributed by atoms with E-state index in [2.05, 4.69) is 40.4 Å². The first-order chi connectivity index (χ1) is 12.3. The van der Waals surface area contributed by atoms with Gasteiger partial charge in [0.05, 0.1) is 6.61 Å². The third-order valence-corrected chi connectivity index (χ3v) is 5.29. The second kappa shape index (κ2) is 6.82. The molecule has 1 aliphatic rings. The quantitative estimate of drug-likeness (QED) is 0.778. The molecule has 0 spiro atoms. The Morgan fingerprint density at radius 3 is 3.08 bits per heavy atom. The van der Waals surface area contributed by atoms with Crippen LogP contribution in [0.1, 0.15) is 27.5 Å². The van der Waals surface area contributed by atoms with Crippen molar-refractivity contribution in [1.29, 1.82) is 0 Å². The van der Waals surface area contributed by atoms with Gasteiger partial charge in [0, 0.05) is 48.2 Å². The molecule has 1 N–H and O–H groups in total. The van der Waals surface area contributed by atoms with Crippen LogP contribution in [0.2, 0.25) is 0 Å². The molecule has 128 valence electrons. The topological polar surface area (TPSA) is 58.2 Å². The van der Waals surface area contributed by atoms with Crippen molar-refractivity contribution in [2.75, 3.05) is 20.2 Å². The number of nitrogens with zero attached hydrogens (tertiary/aromatic N) is 2. The van der Waals surface area contributed by atoms with Gasteiger partial charge in [-0.25, -0.2) is 4.98 Å². The minimum Gasteiger partial charge on any atom is -0.378 e. The lowest BCUT2D eigenvalue weighted by atomic mass is 9.99. The Morgan fingerprint density at radius 2 is 2.28 bits per heavy atom. The van der Waals surface area contributed by atoms with Crippen molar-refractivity contribution < 1.29 is 9.53 Å². The van der Waals surface area contributed by atoms with Gasteiger partial charge in [-0.2, -0.15) is 0 Å². The van der Waals surface area contributed by atoms with E-state index in [-0.39, 0.29) is 5.91 Å². The summed E-state index contributed by atoms with van der Waals surface area (Å²) in [6.45, 7) is 1.77. The van der Waals surface area contributed by atoms with Gasteiger partial charge in [0.2, 0.25) is 0 Å². The maximum Gasteiger partial charge on any atom is 0.273 e. The van der Waals surface area contributed by atoms with Gasteiger partial charge >= 0.3 is 0 Å². The third kappa shape index (κ3) is 3.10. The molecule has 0 bridgehead atoms. The number of aromatic amines is 1. The summed E-state index contributed by atoms with van der Waals surface area (Å²) in [7, 11) is 1.63. The molecule has 2 aromatic heterocycles. The lowest BCUT2D eigenvalue weighted by Crippen LogP contribution is -2.34. The largest absolute Gasteiger partial charge is 0.378 e. The van der Waals surface area contributed by atoms with Gasteiger partial charge in [-0.1, -0.05) is 24.3 Å². The number of fused-ring (bicyclic) bond motifs is 1. The zero-order valence-electron chi connectivity index (χ0n) is 14.0. The maximum absolute atomic E-state index is 12.6. The van der Waals surface area contributed by atoms with Crippen LogP contribution in [-0.2, 0) is 11.3 Å². The summed E-state index contributed by atoms with van der Waals surface area (Å²) in [6.07, 6.45) is 5.06. The van der Waals surface area contributed by atoms with Gasteiger partial charge < -0.3 is 14.6 Å². The first-order valence-electron chi connectivity index (χ1n) is 8.24. The summed E-state index contributed by atoms with van der Waals surface area (Å²) in [6, 6.07) is 8.30. The molecule has 3 aromatic rings. The maximum atomic E-state index is 12.6. The van der Waals surface area contributed by atoms with E-state index >= 15 is 0 Å². The summed E-state index contributed by atoms with van der Waals surface area (Å²) in [4.78, 5) is 22.1. The fraction of sp³-hybridized carbons (Fsp3) is 0.263. The molecule has 0 radical (unpaired) electrons. The number of carbonyl (C=O) groups excluding carboxylic acids is 1. The Morgan fingerprint density at radius 1 is 1.40 bits per heavy atom. The SMILES string of the molecule is COCc1nc(C(=O)N2CC=C(c3c[nH]c4ccccc34)CC2)cs1. The van der Waals surface area contributed by atoms with Crippen LogP contribution in [0.15, 0.2) is 41.9 Å². The van der Waals surface area contributed by atoms with Crippen LogP contribution in [0.25, 0.3) is 16.5 Å². The molecule has 0 saturated carbocycles. The molecule has 5 nitrogen and oxygen atoms in total. The highest BCUT2D eigenvalue weighted by Gasteiger charge is 2.22. The van der Waals surface area contributed by atoms with Crippen LogP contribution < -0.4 is 0 Å². The minimum absolute atomic E-state index is 0.00664. The molecule has 4 rings (SSSR count). The number of rotatable bonds is 4. The molecule has 1 aliphatic heterocycles. The number of benzene rings is 1. The van der Waals surface area contributed by atoms with Gasteiger partial charge in [-0.15, -0.1) is 11.3 Å². The molecule has 0 unspecified atom stereocenters. The van der Waals surface area contributed by atoms with Gasteiger partial charge in [0.15, 0.2) is 0 Å². The summed E-state index contributed by atoms with van der Waals surface area (Å²) in [5.74, 6) is -0.00664. The van der Waals surface area contributed by atoms with Crippen LogP contribution in [0, 0.1) is 0 Å². The minimum atomic E-state index is -0.00664. The molecule has 0 atom stereocenters. The Hall–Kier alpha value is -2.44. The molecule has 1 aromatic carbocycles. The summed E-state index contributed by atoms with van der Waals surface area (Å²) in [5, 5.41) is 3.88. The number of thiazole rings is 1. The van der Waals surface area contributed by atoms with Gasteiger partial charge in [0.25, 0.3) is 5.91 Å². The smallest absolute Gasteiger partial charge is 0.273 e. The lowest BCUT2D eigenvalue weighted by Gasteiger charge is -2.25. The predicted octanol–water partition coefficient (Wildman–Crippen LogP) is 3.70. The van der Waals surface area contributed by atoms with Crippen LogP contribution in [-0.4, -0.2) is 41.0 Å². The van der Waals surface area contributed by atoms with E-state index in [1.165, 1.54) is 27.9 Å². The number of methoxy groups -OCH3 is 1. The molecular weight excluding hydrogens is 334 g/mol. The van der Waals surface area contributed by atoms with Crippen LogP contribution >= 0.6 is 11.3 Å².